The Balaban J connectivity index is 3.31. The van der Waals surface area contributed by atoms with Crippen molar-refractivity contribution in [3.63, 3.8) is 0 Å². The van der Waals surface area contributed by atoms with Gasteiger partial charge in [0, 0.05) is 0 Å². The number of ether oxygens (including phenoxy) is 1. The topological polar surface area (TPSA) is 62.7 Å². The van der Waals surface area contributed by atoms with Gasteiger partial charge in [-0.15, -0.1) is 0 Å². The van der Waals surface area contributed by atoms with Crippen LogP contribution in [0, 0.1) is 0 Å². The average Bonchev–Trinajstić information content (AvgIpc) is 2.26. The van der Waals surface area contributed by atoms with Gasteiger partial charge in [0.1, 0.15) is 5.75 Å². The number of halogens is 6. The van der Waals surface area contributed by atoms with E-state index in [1.165, 1.54) is 0 Å². The first-order valence-electron chi connectivity index (χ1n) is 4.73. The lowest BCUT2D eigenvalue weighted by molar-refractivity contribution is -0.144. The fraction of sp³-hybridized carbons (Fsp3) is 0.200. The van der Waals surface area contributed by atoms with Gasteiger partial charge in [-0.05, 0) is 18.2 Å². The lowest BCUT2D eigenvalue weighted by Crippen LogP contribution is -2.14. The first-order valence-corrected chi connectivity index (χ1v) is 4.73. The fourth-order valence-electron chi connectivity index (χ4n) is 1.17. The van der Waals surface area contributed by atoms with Crippen LogP contribution in [0.3, 0.4) is 0 Å². The molecule has 0 aliphatic rings. The van der Waals surface area contributed by atoms with Gasteiger partial charge in [-0.2, -0.15) is 31.1 Å². The molecule has 1 aromatic carbocycles. The van der Waals surface area contributed by atoms with E-state index >= 15 is 0 Å². The summed E-state index contributed by atoms with van der Waals surface area (Å²) in [5.74, 6) is -2.41. The van der Waals surface area contributed by atoms with Crippen LogP contribution in [-0.2, 0) is 17.1 Å². The van der Waals surface area contributed by atoms with Crippen LogP contribution in [0.2, 0.25) is 0 Å². The Morgan fingerprint density at radius 2 is 1.50 bits per heavy atom. The SMILES string of the molecule is [N-]=[N+]=CC(=O)Oc1cc(C(F)(F)F)cc(C(F)(F)F)c1. The van der Waals surface area contributed by atoms with Crippen LogP contribution >= 0.6 is 0 Å². The second kappa shape index (κ2) is 5.33. The van der Waals surface area contributed by atoms with Crippen molar-refractivity contribution in [2.75, 3.05) is 0 Å². The summed E-state index contributed by atoms with van der Waals surface area (Å²) in [6.07, 6.45) is -9.92. The van der Waals surface area contributed by atoms with Gasteiger partial charge in [0.05, 0.1) is 11.1 Å². The van der Waals surface area contributed by atoms with Crippen LogP contribution in [0.4, 0.5) is 26.3 Å². The molecule has 0 aromatic heterocycles. The number of hydrogen-bond donors (Lipinski definition) is 0. The molecule has 0 N–H and O–H groups in total. The molecule has 10 heteroatoms. The summed E-state index contributed by atoms with van der Waals surface area (Å²) in [6.45, 7) is 0. The summed E-state index contributed by atoms with van der Waals surface area (Å²) in [5, 5.41) is 0. The van der Waals surface area contributed by atoms with Crippen LogP contribution in [0.25, 0.3) is 5.53 Å². The lowest BCUT2D eigenvalue weighted by atomic mass is 10.1. The highest BCUT2D eigenvalue weighted by Crippen LogP contribution is 2.38. The van der Waals surface area contributed by atoms with Crippen LogP contribution in [-0.4, -0.2) is 17.0 Å². The number of alkyl halides is 6. The smallest absolute Gasteiger partial charge is 0.418 e. The maximum Gasteiger partial charge on any atom is 0.419 e. The molecule has 0 spiro atoms. The minimum atomic E-state index is -5.05. The van der Waals surface area contributed by atoms with Gasteiger partial charge in [-0.3, -0.25) is 0 Å². The van der Waals surface area contributed by atoms with Crippen molar-refractivity contribution in [2.45, 2.75) is 12.4 Å². The summed E-state index contributed by atoms with van der Waals surface area (Å²) in [5.41, 5.74) is 4.73. The Morgan fingerprint density at radius 1 is 1.05 bits per heavy atom. The standard InChI is InChI=1S/C10H4F6N2O2/c11-9(12,13)5-1-6(10(14,15)16)3-7(2-5)20-8(19)4-18-17/h1-4H. The van der Waals surface area contributed by atoms with Gasteiger partial charge in [-0.1, -0.05) is 0 Å². The molecule has 108 valence electrons. The molecular weight excluding hydrogens is 294 g/mol. The number of carbonyl (C=O) groups excluding carboxylic acids is 1. The summed E-state index contributed by atoms with van der Waals surface area (Å²) in [6, 6.07) is 0.328. The highest BCUT2D eigenvalue weighted by atomic mass is 19.4. The Morgan fingerprint density at radius 3 is 1.85 bits per heavy atom. The maximum absolute atomic E-state index is 12.4. The Labute approximate surface area is 107 Å². The Bertz CT molecular complexity index is 540. The second-order valence-electron chi connectivity index (χ2n) is 3.41. The van der Waals surface area contributed by atoms with E-state index in [-0.39, 0.29) is 24.4 Å². The molecule has 0 aliphatic carbocycles. The van der Waals surface area contributed by atoms with E-state index in [1.54, 1.807) is 0 Å². The highest BCUT2D eigenvalue weighted by Gasteiger charge is 2.37. The molecule has 0 saturated carbocycles. The molecule has 4 nitrogen and oxygen atoms in total. The number of rotatable bonds is 2. The largest absolute Gasteiger partial charge is 0.419 e. The van der Waals surface area contributed by atoms with E-state index < -0.39 is 35.2 Å². The van der Waals surface area contributed by atoms with Crippen molar-refractivity contribution in [3.05, 3.63) is 34.9 Å². The summed E-state index contributed by atoms with van der Waals surface area (Å²) in [4.78, 5) is 13.1. The summed E-state index contributed by atoms with van der Waals surface area (Å²) >= 11 is 0. The normalized spacial score (nSPS) is 11.7. The van der Waals surface area contributed by atoms with Crippen molar-refractivity contribution < 1.29 is 40.7 Å². The molecule has 0 fully saturated rings. The van der Waals surface area contributed by atoms with E-state index in [2.05, 4.69) is 9.53 Å². The molecule has 0 aliphatic heterocycles. The molecule has 0 amide bonds. The minimum absolute atomic E-state index is 0.114. The molecule has 1 aromatic rings. The zero-order valence-corrected chi connectivity index (χ0v) is 9.29. The highest BCUT2D eigenvalue weighted by molar-refractivity contribution is 6.21. The first kappa shape index (κ1) is 15.7. The van der Waals surface area contributed by atoms with Gasteiger partial charge in [0.15, 0.2) is 0 Å². The van der Waals surface area contributed by atoms with Gasteiger partial charge in [0.25, 0.3) is 0 Å². The molecule has 0 atom stereocenters. The first-order chi connectivity index (χ1) is 9.04. The molecule has 0 bridgehead atoms. The van der Waals surface area contributed by atoms with Gasteiger partial charge >= 0.3 is 24.5 Å². The number of benzene rings is 1. The van der Waals surface area contributed by atoms with E-state index in [1.807, 2.05) is 0 Å². The van der Waals surface area contributed by atoms with Crippen LogP contribution in [0.15, 0.2) is 18.2 Å². The predicted molar refractivity (Wildman–Crippen MR) is 51.8 cm³/mol. The van der Waals surface area contributed by atoms with Crippen LogP contribution in [0.1, 0.15) is 11.1 Å². The van der Waals surface area contributed by atoms with Crippen molar-refractivity contribution in [1.82, 2.24) is 0 Å². The average molecular weight is 298 g/mol. The second-order valence-corrected chi connectivity index (χ2v) is 3.41. The lowest BCUT2D eigenvalue weighted by Gasteiger charge is -2.13. The van der Waals surface area contributed by atoms with E-state index in [9.17, 15) is 31.1 Å². The number of nitrogens with zero attached hydrogens (tertiary/aromatic N) is 2. The molecule has 0 heterocycles. The summed E-state index contributed by atoms with van der Waals surface area (Å²) < 4.78 is 78.9. The monoisotopic (exact) mass is 298 g/mol. The molecule has 0 unspecified atom stereocenters. The zero-order chi connectivity index (χ0) is 15.6. The fourth-order valence-corrected chi connectivity index (χ4v) is 1.17. The van der Waals surface area contributed by atoms with Gasteiger partial charge < -0.3 is 10.3 Å². The Kier molecular flexibility index (Phi) is 4.19. The molecule has 0 saturated heterocycles. The van der Waals surface area contributed by atoms with Gasteiger partial charge in [0.2, 0.25) is 0 Å². The van der Waals surface area contributed by atoms with E-state index in [4.69, 9.17) is 5.53 Å². The van der Waals surface area contributed by atoms with Crippen molar-refractivity contribution >= 4 is 12.2 Å². The Hall–Kier alpha value is -2.35. The number of hydrogen-bond acceptors (Lipinski definition) is 2. The van der Waals surface area contributed by atoms with E-state index in [0.717, 1.165) is 0 Å². The minimum Gasteiger partial charge on any atom is -0.418 e. The third-order valence-electron chi connectivity index (χ3n) is 1.94. The third-order valence-corrected chi connectivity index (χ3v) is 1.94. The van der Waals surface area contributed by atoms with Crippen LogP contribution < -0.4 is 4.74 Å². The predicted octanol–water partition coefficient (Wildman–Crippen LogP) is 2.93. The molecule has 1 rings (SSSR count). The zero-order valence-electron chi connectivity index (χ0n) is 9.29. The van der Waals surface area contributed by atoms with E-state index in [0.29, 0.717) is 0 Å². The van der Waals surface area contributed by atoms with Crippen molar-refractivity contribution in [2.24, 2.45) is 0 Å². The van der Waals surface area contributed by atoms with Gasteiger partial charge in [-0.25, -0.2) is 4.79 Å². The van der Waals surface area contributed by atoms with Crippen LogP contribution in [0.5, 0.6) is 5.75 Å². The molecule has 20 heavy (non-hydrogen) atoms. The maximum atomic E-state index is 12.4. The van der Waals surface area contributed by atoms with Crippen molar-refractivity contribution in [3.8, 4) is 5.75 Å². The third kappa shape index (κ3) is 4.09. The van der Waals surface area contributed by atoms with Crippen molar-refractivity contribution in [1.29, 1.82) is 0 Å². The summed E-state index contributed by atoms with van der Waals surface area (Å²) in [7, 11) is 0. The molecular formula is C10H4F6N2O2. The number of esters is 1. The quantitative estimate of drug-likeness (QED) is 0.210. The number of carbonyl (C=O) groups is 1. The molecule has 0 radical (unpaired) electrons.